The van der Waals surface area contributed by atoms with Gasteiger partial charge in [0.05, 0.1) is 23.3 Å². The van der Waals surface area contributed by atoms with E-state index in [4.69, 9.17) is 5.73 Å². The third-order valence-electron chi connectivity index (χ3n) is 3.16. The van der Waals surface area contributed by atoms with E-state index in [9.17, 15) is 13.2 Å². The zero-order valence-electron chi connectivity index (χ0n) is 11.2. The summed E-state index contributed by atoms with van der Waals surface area (Å²) in [6.45, 7) is -2.71. The van der Waals surface area contributed by atoms with Crippen molar-refractivity contribution >= 4 is 5.69 Å². The smallest absolute Gasteiger partial charge is 0.333 e. The quantitative estimate of drug-likeness (QED) is 0.802. The van der Waals surface area contributed by atoms with E-state index in [1.165, 1.54) is 30.6 Å². The summed E-state index contributed by atoms with van der Waals surface area (Å²) < 4.78 is 38.7. The van der Waals surface area contributed by atoms with Crippen molar-refractivity contribution in [3.05, 3.63) is 54.6 Å². The second kappa shape index (κ2) is 5.51. The predicted molar refractivity (Wildman–Crippen MR) is 76.5 cm³/mol. The summed E-state index contributed by atoms with van der Waals surface area (Å²) in [6.07, 6.45) is 2.60. The fourth-order valence-electron chi connectivity index (χ4n) is 2.06. The molecule has 0 bridgehead atoms. The molecule has 22 heavy (non-hydrogen) atoms. The monoisotopic (exact) mass is 304 g/mol. The molecular weight excluding hydrogens is 293 g/mol. The van der Waals surface area contributed by atoms with Crippen LogP contribution in [-0.2, 0) is 0 Å². The topological polar surface area (TPSA) is 56.7 Å². The minimum Gasteiger partial charge on any atom is -0.397 e. The Kier molecular flexibility index (Phi) is 3.54. The highest BCUT2D eigenvalue weighted by molar-refractivity contribution is 5.77. The zero-order valence-corrected chi connectivity index (χ0v) is 11.2. The van der Waals surface area contributed by atoms with Crippen LogP contribution >= 0.6 is 0 Å². The van der Waals surface area contributed by atoms with Crippen LogP contribution in [0, 0.1) is 5.82 Å². The molecule has 1 aromatic carbocycles. The summed E-state index contributed by atoms with van der Waals surface area (Å²) in [6, 6.07) is 8.88. The Labute approximate surface area is 124 Å². The van der Waals surface area contributed by atoms with E-state index in [-0.39, 0.29) is 5.82 Å². The van der Waals surface area contributed by atoms with Crippen LogP contribution in [0.2, 0.25) is 0 Å². The van der Waals surface area contributed by atoms with Gasteiger partial charge in [0.1, 0.15) is 5.82 Å². The first-order chi connectivity index (χ1) is 10.5. The molecule has 112 valence electrons. The second-order valence-corrected chi connectivity index (χ2v) is 4.62. The van der Waals surface area contributed by atoms with Gasteiger partial charge in [0.25, 0.3) is 0 Å². The summed E-state index contributed by atoms with van der Waals surface area (Å²) in [4.78, 5) is 4.18. The van der Waals surface area contributed by atoms with Gasteiger partial charge in [-0.25, -0.2) is 9.07 Å². The molecule has 0 aliphatic rings. The van der Waals surface area contributed by atoms with Gasteiger partial charge in [0, 0.05) is 17.3 Å². The predicted octanol–water partition coefficient (Wildman–Crippen LogP) is 3.73. The number of hydrogen-bond acceptors (Lipinski definition) is 3. The highest BCUT2D eigenvalue weighted by atomic mass is 19.3. The molecular formula is C15H11F3N4. The molecule has 2 N–H and O–H groups in total. The van der Waals surface area contributed by atoms with Crippen LogP contribution in [0.4, 0.5) is 18.9 Å². The van der Waals surface area contributed by atoms with Gasteiger partial charge in [-0.05, 0) is 36.4 Å². The van der Waals surface area contributed by atoms with Crippen molar-refractivity contribution in [3.63, 3.8) is 0 Å². The second-order valence-electron chi connectivity index (χ2n) is 4.62. The van der Waals surface area contributed by atoms with Gasteiger partial charge < -0.3 is 5.73 Å². The molecule has 0 spiro atoms. The number of rotatable bonds is 3. The first kappa shape index (κ1) is 14.1. The molecule has 0 saturated heterocycles. The van der Waals surface area contributed by atoms with Crippen LogP contribution in [0.5, 0.6) is 0 Å². The average Bonchev–Trinajstić information content (AvgIpc) is 2.99. The Morgan fingerprint density at radius 3 is 2.41 bits per heavy atom. The van der Waals surface area contributed by atoms with Gasteiger partial charge in [-0.15, -0.1) is 0 Å². The number of anilines is 1. The number of hydrogen-bond donors (Lipinski definition) is 1. The Morgan fingerprint density at radius 2 is 1.77 bits per heavy atom. The van der Waals surface area contributed by atoms with E-state index in [1.807, 2.05) is 0 Å². The van der Waals surface area contributed by atoms with Gasteiger partial charge >= 0.3 is 6.55 Å². The maximum atomic E-state index is 13.0. The lowest BCUT2D eigenvalue weighted by Crippen LogP contribution is -1.99. The Bertz CT molecular complexity index is 797. The van der Waals surface area contributed by atoms with Crippen molar-refractivity contribution in [2.24, 2.45) is 0 Å². The summed E-state index contributed by atoms with van der Waals surface area (Å²) in [5.41, 5.74) is 8.23. The maximum Gasteiger partial charge on any atom is 0.333 e. The van der Waals surface area contributed by atoms with Gasteiger partial charge in [-0.1, -0.05) is 0 Å². The fourth-order valence-corrected chi connectivity index (χ4v) is 2.06. The van der Waals surface area contributed by atoms with Gasteiger partial charge in [-0.2, -0.15) is 13.9 Å². The minimum atomic E-state index is -2.71. The Hall–Kier alpha value is -2.83. The first-order valence-corrected chi connectivity index (χ1v) is 6.40. The summed E-state index contributed by atoms with van der Waals surface area (Å²) in [5, 5.41) is 3.79. The molecule has 0 atom stereocenters. The van der Waals surface area contributed by atoms with Crippen LogP contribution in [0.25, 0.3) is 22.5 Å². The van der Waals surface area contributed by atoms with Gasteiger partial charge in [-0.3, -0.25) is 4.98 Å². The fraction of sp³-hybridized carbons (Fsp3) is 0.0667. The number of benzene rings is 1. The summed E-state index contributed by atoms with van der Waals surface area (Å²) in [7, 11) is 0. The standard InChI is InChI=1S/C15H11F3N4/c16-10-3-1-9(2-4-10)14-7-11(12(19)8-20-14)13-5-6-22(21-13)15(17)18/h1-8,15H,19H2. The molecule has 0 aliphatic carbocycles. The lowest BCUT2D eigenvalue weighted by Gasteiger charge is -2.06. The average molecular weight is 304 g/mol. The molecule has 0 unspecified atom stereocenters. The van der Waals surface area contributed by atoms with Gasteiger partial charge in [0.2, 0.25) is 0 Å². The van der Waals surface area contributed by atoms with Crippen molar-refractivity contribution in [2.75, 3.05) is 5.73 Å². The van der Waals surface area contributed by atoms with Crippen molar-refractivity contribution < 1.29 is 13.2 Å². The van der Waals surface area contributed by atoms with Crippen molar-refractivity contribution in [2.45, 2.75) is 6.55 Å². The van der Waals surface area contributed by atoms with E-state index in [1.54, 1.807) is 18.2 Å². The molecule has 2 aromatic heterocycles. The van der Waals surface area contributed by atoms with Crippen molar-refractivity contribution in [3.8, 4) is 22.5 Å². The van der Waals surface area contributed by atoms with E-state index in [2.05, 4.69) is 10.1 Å². The maximum absolute atomic E-state index is 13.0. The first-order valence-electron chi connectivity index (χ1n) is 6.40. The number of nitrogens with zero attached hydrogens (tertiary/aromatic N) is 3. The molecule has 0 amide bonds. The van der Waals surface area contributed by atoms with E-state index >= 15 is 0 Å². The molecule has 3 aromatic rings. The molecule has 0 aliphatic heterocycles. The SMILES string of the molecule is Nc1cnc(-c2ccc(F)cc2)cc1-c1ccn(C(F)F)n1. The van der Waals surface area contributed by atoms with E-state index < -0.39 is 6.55 Å². The third-order valence-corrected chi connectivity index (χ3v) is 3.16. The number of nitrogens with two attached hydrogens (primary N) is 1. The molecule has 3 rings (SSSR count). The number of aromatic nitrogens is 3. The number of pyridine rings is 1. The van der Waals surface area contributed by atoms with Crippen LogP contribution in [0.1, 0.15) is 6.55 Å². The molecule has 4 nitrogen and oxygen atoms in total. The number of halogens is 3. The molecule has 2 heterocycles. The normalized spacial score (nSPS) is 11.1. The van der Waals surface area contributed by atoms with E-state index in [0.29, 0.717) is 32.9 Å². The summed E-state index contributed by atoms with van der Waals surface area (Å²) in [5.74, 6) is -0.352. The number of alkyl halides is 2. The lowest BCUT2D eigenvalue weighted by molar-refractivity contribution is 0.0568. The molecule has 0 radical (unpaired) electrons. The Balaban J connectivity index is 2.04. The largest absolute Gasteiger partial charge is 0.397 e. The lowest BCUT2D eigenvalue weighted by atomic mass is 10.1. The number of nitrogen functional groups attached to an aromatic ring is 1. The van der Waals surface area contributed by atoms with Crippen LogP contribution in [0.15, 0.2) is 48.8 Å². The minimum absolute atomic E-state index is 0.323. The third kappa shape index (κ3) is 2.65. The van der Waals surface area contributed by atoms with E-state index in [0.717, 1.165) is 0 Å². The van der Waals surface area contributed by atoms with Crippen molar-refractivity contribution in [1.82, 2.24) is 14.8 Å². The molecule has 7 heteroatoms. The molecule has 0 saturated carbocycles. The van der Waals surface area contributed by atoms with Crippen LogP contribution in [-0.4, -0.2) is 14.8 Å². The summed E-state index contributed by atoms with van der Waals surface area (Å²) >= 11 is 0. The Morgan fingerprint density at radius 1 is 1.05 bits per heavy atom. The molecule has 0 fully saturated rings. The highest BCUT2D eigenvalue weighted by Crippen LogP contribution is 2.29. The zero-order chi connectivity index (χ0) is 15.7. The van der Waals surface area contributed by atoms with Crippen LogP contribution < -0.4 is 5.73 Å². The van der Waals surface area contributed by atoms with Gasteiger partial charge in [0.15, 0.2) is 0 Å². The highest BCUT2D eigenvalue weighted by Gasteiger charge is 2.12. The van der Waals surface area contributed by atoms with Crippen LogP contribution in [0.3, 0.4) is 0 Å². The van der Waals surface area contributed by atoms with Crippen molar-refractivity contribution in [1.29, 1.82) is 0 Å².